The molecule has 2 aromatic rings. The Kier molecular flexibility index (Phi) is 3.27. The van der Waals surface area contributed by atoms with Gasteiger partial charge in [-0.3, -0.25) is 4.79 Å². The molecule has 0 spiro atoms. The number of fused-ring (bicyclic) bond motifs is 1. The minimum absolute atomic E-state index is 0.143. The lowest BCUT2D eigenvalue weighted by atomic mass is 10.2. The van der Waals surface area contributed by atoms with Crippen molar-refractivity contribution in [1.82, 2.24) is 14.6 Å². The molecule has 1 fully saturated rings. The summed E-state index contributed by atoms with van der Waals surface area (Å²) in [5.74, 6) is 1.20. The van der Waals surface area contributed by atoms with Crippen molar-refractivity contribution >= 4 is 23.2 Å². The lowest BCUT2D eigenvalue weighted by Gasteiger charge is -2.15. The third kappa shape index (κ3) is 2.57. The van der Waals surface area contributed by atoms with E-state index in [2.05, 4.69) is 20.7 Å². The third-order valence-electron chi connectivity index (χ3n) is 3.49. The zero-order valence-corrected chi connectivity index (χ0v) is 11.3. The highest BCUT2D eigenvalue weighted by molar-refractivity contribution is 5.88. The third-order valence-corrected chi connectivity index (χ3v) is 3.49. The van der Waals surface area contributed by atoms with E-state index in [0.29, 0.717) is 17.5 Å². The van der Waals surface area contributed by atoms with Gasteiger partial charge in [-0.1, -0.05) is 0 Å². The number of hydrogen-bond acceptors (Lipinski definition) is 5. The highest BCUT2D eigenvalue weighted by Crippen LogP contribution is 2.23. The molecule has 0 unspecified atom stereocenters. The van der Waals surface area contributed by atoms with Gasteiger partial charge in [0, 0.05) is 31.1 Å². The van der Waals surface area contributed by atoms with Crippen molar-refractivity contribution in [3.8, 4) is 0 Å². The lowest BCUT2D eigenvalue weighted by Crippen LogP contribution is -2.22. The fourth-order valence-corrected chi connectivity index (χ4v) is 2.62. The first kappa shape index (κ1) is 12.9. The molecule has 2 aromatic heterocycles. The second-order valence-corrected chi connectivity index (χ2v) is 5.22. The highest BCUT2D eigenvalue weighted by Gasteiger charge is 2.22. The number of anilines is 2. The van der Waals surface area contributed by atoms with E-state index in [1.54, 1.807) is 22.8 Å². The van der Waals surface area contributed by atoms with Crippen LogP contribution in [-0.4, -0.2) is 32.6 Å². The van der Waals surface area contributed by atoms with Crippen LogP contribution in [0.2, 0.25) is 0 Å². The maximum absolute atomic E-state index is 11.2. The summed E-state index contributed by atoms with van der Waals surface area (Å²) in [4.78, 5) is 15.5. The average Bonchev–Trinajstić information content (AvgIpc) is 2.97. The van der Waals surface area contributed by atoms with Gasteiger partial charge in [0.25, 0.3) is 0 Å². The second kappa shape index (κ2) is 5.09. The lowest BCUT2D eigenvalue weighted by molar-refractivity contribution is -0.114. The van der Waals surface area contributed by atoms with Gasteiger partial charge < -0.3 is 16.4 Å². The minimum Gasteiger partial charge on any atom is -0.367 e. The molecule has 2 heterocycles. The molecule has 4 N–H and O–H groups in total. The number of carbonyl (C=O) groups excluding carboxylic acids is 1. The van der Waals surface area contributed by atoms with E-state index in [0.717, 1.165) is 25.1 Å². The summed E-state index contributed by atoms with van der Waals surface area (Å²) in [6, 6.07) is 4.20. The smallest absolute Gasteiger partial charge is 0.222 e. The SMILES string of the molecule is CC(=O)Nc1cc(N[C@@H]2CC[C@@H](N)C2)n2nccc2n1. The standard InChI is InChI=1S/C13H18N6O/c1-8(20)16-11-7-13(17-10-3-2-9(14)6-10)19-12(18-11)4-5-15-19/h4-5,7,9-10,17H,2-3,6,14H2,1H3,(H,16,18,20)/t9-,10-/m1/s1. The molecule has 7 heteroatoms. The molecule has 0 aromatic carbocycles. The number of nitrogens with one attached hydrogen (secondary N) is 2. The van der Waals surface area contributed by atoms with Crippen LogP contribution in [0.15, 0.2) is 18.3 Å². The molecule has 0 bridgehead atoms. The van der Waals surface area contributed by atoms with Gasteiger partial charge in [-0.25, -0.2) is 4.98 Å². The number of carbonyl (C=O) groups is 1. The number of hydrogen-bond donors (Lipinski definition) is 3. The molecule has 1 aliphatic rings. The Morgan fingerprint density at radius 3 is 3.05 bits per heavy atom. The van der Waals surface area contributed by atoms with E-state index in [1.165, 1.54) is 6.92 Å². The molecular formula is C13H18N6O. The maximum Gasteiger partial charge on any atom is 0.222 e. The van der Waals surface area contributed by atoms with Crippen LogP contribution in [0.4, 0.5) is 11.6 Å². The van der Waals surface area contributed by atoms with E-state index in [1.807, 2.05) is 0 Å². The molecule has 0 saturated heterocycles. The van der Waals surface area contributed by atoms with Gasteiger partial charge in [-0.15, -0.1) is 0 Å². The summed E-state index contributed by atoms with van der Waals surface area (Å²) in [7, 11) is 0. The van der Waals surface area contributed by atoms with Crippen LogP contribution < -0.4 is 16.4 Å². The summed E-state index contributed by atoms with van der Waals surface area (Å²) in [5.41, 5.74) is 6.63. The predicted molar refractivity (Wildman–Crippen MR) is 76.5 cm³/mol. The summed E-state index contributed by atoms with van der Waals surface area (Å²) in [6.45, 7) is 1.46. The van der Waals surface area contributed by atoms with Gasteiger partial charge in [-0.2, -0.15) is 9.61 Å². The van der Waals surface area contributed by atoms with Crippen molar-refractivity contribution in [3.63, 3.8) is 0 Å². The fourth-order valence-electron chi connectivity index (χ4n) is 2.62. The first-order valence-electron chi connectivity index (χ1n) is 6.76. The van der Waals surface area contributed by atoms with Gasteiger partial charge in [0.1, 0.15) is 11.6 Å². The van der Waals surface area contributed by atoms with E-state index in [4.69, 9.17) is 5.73 Å². The van der Waals surface area contributed by atoms with Crippen LogP contribution in [-0.2, 0) is 4.79 Å². The number of amides is 1. The van der Waals surface area contributed by atoms with Crippen LogP contribution in [0.1, 0.15) is 26.2 Å². The molecule has 7 nitrogen and oxygen atoms in total. The van der Waals surface area contributed by atoms with Crippen molar-refractivity contribution in [1.29, 1.82) is 0 Å². The van der Waals surface area contributed by atoms with Gasteiger partial charge in [-0.05, 0) is 19.3 Å². The summed E-state index contributed by atoms with van der Waals surface area (Å²) >= 11 is 0. The molecular weight excluding hydrogens is 256 g/mol. The van der Waals surface area contributed by atoms with Crippen LogP contribution in [0, 0.1) is 0 Å². The predicted octanol–water partition coefficient (Wildman–Crippen LogP) is 0.979. The molecule has 1 saturated carbocycles. The molecule has 0 radical (unpaired) electrons. The van der Waals surface area contributed by atoms with Crippen molar-refractivity contribution in [2.75, 3.05) is 10.6 Å². The highest BCUT2D eigenvalue weighted by atomic mass is 16.1. The Hall–Kier alpha value is -2.15. The molecule has 0 aliphatic heterocycles. The fraction of sp³-hybridized carbons (Fsp3) is 0.462. The molecule has 1 amide bonds. The van der Waals surface area contributed by atoms with Crippen molar-refractivity contribution in [3.05, 3.63) is 18.3 Å². The zero-order chi connectivity index (χ0) is 14.1. The van der Waals surface area contributed by atoms with E-state index in [-0.39, 0.29) is 11.9 Å². The summed E-state index contributed by atoms with van der Waals surface area (Å²) < 4.78 is 1.73. The molecule has 106 valence electrons. The van der Waals surface area contributed by atoms with Crippen LogP contribution in [0.25, 0.3) is 5.65 Å². The number of nitrogens with two attached hydrogens (primary N) is 1. The first-order valence-corrected chi connectivity index (χ1v) is 6.76. The normalized spacial score (nSPS) is 22.1. The zero-order valence-electron chi connectivity index (χ0n) is 11.3. The monoisotopic (exact) mass is 274 g/mol. The molecule has 3 rings (SSSR count). The minimum atomic E-state index is -0.143. The maximum atomic E-state index is 11.2. The largest absolute Gasteiger partial charge is 0.367 e. The van der Waals surface area contributed by atoms with Gasteiger partial charge in [0.15, 0.2) is 5.65 Å². The Labute approximate surface area is 116 Å². The molecule has 2 atom stereocenters. The van der Waals surface area contributed by atoms with Crippen LogP contribution in [0.5, 0.6) is 0 Å². The second-order valence-electron chi connectivity index (χ2n) is 5.22. The van der Waals surface area contributed by atoms with Crippen molar-refractivity contribution in [2.24, 2.45) is 5.73 Å². The quantitative estimate of drug-likeness (QED) is 0.775. The average molecular weight is 274 g/mol. The van der Waals surface area contributed by atoms with E-state index in [9.17, 15) is 4.79 Å². The Balaban J connectivity index is 1.91. The summed E-state index contributed by atoms with van der Waals surface area (Å²) in [5, 5.41) is 10.4. The van der Waals surface area contributed by atoms with Crippen molar-refractivity contribution < 1.29 is 4.79 Å². The van der Waals surface area contributed by atoms with Gasteiger partial charge in [0.2, 0.25) is 5.91 Å². The van der Waals surface area contributed by atoms with E-state index >= 15 is 0 Å². The Bertz CT molecular complexity index is 637. The van der Waals surface area contributed by atoms with Gasteiger partial charge in [0.05, 0.1) is 6.20 Å². The topological polar surface area (TPSA) is 97.3 Å². The first-order chi connectivity index (χ1) is 9.61. The van der Waals surface area contributed by atoms with Crippen LogP contribution >= 0.6 is 0 Å². The number of aromatic nitrogens is 3. The molecule has 20 heavy (non-hydrogen) atoms. The van der Waals surface area contributed by atoms with Crippen molar-refractivity contribution in [2.45, 2.75) is 38.3 Å². The number of nitrogens with zero attached hydrogens (tertiary/aromatic N) is 3. The Morgan fingerprint density at radius 1 is 1.50 bits per heavy atom. The summed E-state index contributed by atoms with van der Waals surface area (Å²) in [6.07, 6.45) is 4.71. The van der Waals surface area contributed by atoms with E-state index < -0.39 is 0 Å². The molecule has 1 aliphatic carbocycles. The van der Waals surface area contributed by atoms with Gasteiger partial charge >= 0.3 is 0 Å². The Morgan fingerprint density at radius 2 is 2.35 bits per heavy atom. The van der Waals surface area contributed by atoms with Crippen LogP contribution in [0.3, 0.4) is 0 Å². The number of rotatable bonds is 3.